The van der Waals surface area contributed by atoms with Gasteiger partial charge in [0.2, 0.25) is 11.6 Å². The van der Waals surface area contributed by atoms with Crippen molar-refractivity contribution < 1.29 is 5.11 Å². The number of hydrogen-bond donors (Lipinski definition) is 1. The van der Waals surface area contributed by atoms with E-state index in [-0.39, 0.29) is 16.3 Å². The van der Waals surface area contributed by atoms with Gasteiger partial charge in [0.25, 0.3) is 5.56 Å². The molecule has 9 heteroatoms. The normalized spacial score (nSPS) is 11.5. The molecule has 8 nitrogen and oxygen atoms in total. The second-order valence-corrected chi connectivity index (χ2v) is 5.68. The van der Waals surface area contributed by atoms with E-state index in [1.165, 1.54) is 9.13 Å². The van der Waals surface area contributed by atoms with Crippen molar-refractivity contribution in [2.45, 2.75) is 53.8 Å². The zero-order chi connectivity index (χ0) is 17.9. The molecule has 0 saturated heterocycles. The minimum atomic E-state index is -0.460. The number of azo groups is 1. The van der Waals surface area contributed by atoms with Crippen molar-refractivity contribution in [2.24, 2.45) is 10.2 Å². The average Bonchev–Trinajstić information content (AvgIpc) is 2.88. The molecule has 0 fully saturated rings. The molecule has 0 bridgehead atoms. The summed E-state index contributed by atoms with van der Waals surface area (Å²) in [4.78, 5) is 12.4. The van der Waals surface area contributed by atoms with Crippen LogP contribution >= 0.6 is 12.2 Å². The Labute approximate surface area is 145 Å². The zero-order valence-corrected chi connectivity index (χ0v) is 15.2. The first kappa shape index (κ1) is 18.1. The molecule has 0 amide bonds. The van der Waals surface area contributed by atoms with Crippen LogP contribution in [-0.2, 0) is 19.6 Å². The van der Waals surface area contributed by atoms with E-state index in [0.29, 0.717) is 18.9 Å². The van der Waals surface area contributed by atoms with Crippen molar-refractivity contribution in [3.63, 3.8) is 0 Å². The lowest BCUT2D eigenvalue weighted by molar-refractivity contribution is 0.402. The van der Waals surface area contributed by atoms with E-state index >= 15 is 0 Å². The molecule has 0 atom stereocenters. The standard InChI is InChI=1S/C15H22N6O2S/c1-5-8-21-10(4)9-11(18-21)16-17-12-13(22)19(6-2)15(24)20(7-3)14(12)23/h9,22H,5-8H2,1-4H3. The van der Waals surface area contributed by atoms with E-state index in [1.807, 2.05) is 25.5 Å². The number of nitrogens with zero attached hydrogens (tertiary/aromatic N) is 6. The molecule has 2 aromatic heterocycles. The molecule has 2 rings (SSSR count). The van der Waals surface area contributed by atoms with E-state index in [9.17, 15) is 9.90 Å². The molecule has 1 N–H and O–H groups in total. The van der Waals surface area contributed by atoms with Crippen LogP contribution in [0.1, 0.15) is 32.9 Å². The second kappa shape index (κ2) is 7.52. The van der Waals surface area contributed by atoms with Crippen LogP contribution < -0.4 is 5.56 Å². The van der Waals surface area contributed by atoms with E-state index < -0.39 is 5.56 Å². The lowest BCUT2D eigenvalue weighted by Gasteiger charge is -2.12. The summed E-state index contributed by atoms with van der Waals surface area (Å²) in [7, 11) is 0. The Hall–Kier alpha value is -2.29. The Kier molecular flexibility index (Phi) is 5.66. The van der Waals surface area contributed by atoms with Gasteiger partial charge in [0, 0.05) is 31.4 Å². The number of aromatic hydroxyl groups is 1. The Morgan fingerprint density at radius 1 is 1.21 bits per heavy atom. The lowest BCUT2D eigenvalue weighted by atomic mass is 10.4. The molecule has 0 aliphatic heterocycles. The molecule has 0 spiro atoms. The van der Waals surface area contributed by atoms with Crippen molar-refractivity contribution >= 4 is 23.7 Å². The SMILES string of the molecule is CCCn1nc(N=Nc2c(O)n(CC)c(=S)n(CC)c2=O)cc1C. The van der Waals surface area contributed by atoms with Crippen LogP contribution in [0.4, 0.5) is 11.5 Å². The van der Waals surface area contributed by atoms with Crippen LogP contribution in [0.5, 0.6) is 5.88 Å². The Morgan fingerprint density at radius 3 is 2.46 bits per heavy atom. The molecule has 24 heavy (non-hydrogen) atoms. The summed E-state index contributed by atoms with van der Waals surface area (Å²) >= 11 is 5.23. The monoisotopic (exact) mass is 350 g/mol. The van der Waals surface area contributed by atoms with Crippen molar-refractivity contribution in [3.05, 3.63) is 26.9 Å². The molecular formula is C15H22N6O2S. The summed E-state index contributed by atoms with van der Waals surface area (Å²) in [6.07, 6.45) is 0.956. The smallest absolute Gasteiger partial charge is 0.286 e. The highest BCUT2D eigenvalue weighted by Crippen LogP contribution is 2.24. The van der Waals surface area contributed by atoms with Crippen molar-refractivity contribution in [3.8, 4) is 5.88 Å². The van der Waals surface area contributed by atoms with E-state index in [2.05, 4.69) is 22.3 Å². The number of aryl methyl sites for hydroxylation is 2. The number of aromatic nitrogens is 4. The van der Waals surface area contributed by atoms with Gasteiger partial charge < -0.3 is 5.11 Å². The van der Waals surface area contributed by atoms with Gasteiger partial charge in [0.15, 0.2) is 10.6 Å². The van der Waals surface area contributed by atoms with E-state index in [4.69, 9.17) is 12.2 Å². The van der Waals surface area contributed by atoms with Gasteiger partial charge in [-0.1, -0.05) is 6.92 Å². The van der Waals surface area contributed by atoms with Gasteiger partial charge in [-0.15, -0.1) is 10.2 Å². The quantitative estimate of drug-likeness (QED) is 0.638. The fraction of sp³-hybridized carbons (Fsp3) is 0.533. The van der Waals surface area contributed by atoms with Gasteiger partial charge in [-0.05, 0) is 39.4 Å². The molecule has 2 heterocycles. The first-order chi connectivity index (χ1) is 11.4. The lowest BCUT2D eigenvalue weighted by Crippen LogP contribution is -2.24. The molecule has 0 aliphatic rings. The maximum atomic E-state index is 12.4. The summed E-state index contributed by atoms with van der Waals surface area (Å²) in [5, 5.41) is 22.6. The van der Waals surface area contributed by atoms with Crippen molar-refractivity contribution in [1.82, 2.24) is 18.9 Å². The highest BCUT2D eigenvalue weighted by atomic mass is 32.1. The topological polar surface area (TPSA) is 89.7 Å². The highest BCUT2D eigenvalue weighted by Gasteiger charge is 2.15. The second-order valence-electron chi connectivity index (χ2n) is 5.32. The molecular weight excluding hydrogens is 328 g/mol. The molecule has 0 aromatic carbocycles. The molecule has 0 radical (unpaired) electrons. The molecule has 0 unspecified atom stereocenters. The first-order valence-electron chi connectivity index (χ1n) is 7.97. The van der Waals surface area contributed by atoms with Crippen LogP contribution in [-0.4, -0.2) is 24.0 Å². The van der Waals surface area contributed by atoms with Crippen LogP contribution in [0.25, 0.3) is 0 Å². The maximum Gasteiger partial charge on any atom is 0.286 e. The van der Waals surface area contributed by atoms with Crippen molar-refractivity contribution in [1.29, 1.82) is 0 Å². The Balaban J connectivity index is 2.51. The summed E-state index contributed by atoms with van der Waals surface area (Å²) in [5.41, 5.74) is 0.374. The first-order valence-corrected chi connectivity index (χ1v) is 8.38. The third-order valence-electron chi connectivity index (χ3n) is 3.67. The van der Waals surface area contributed by atoms with E-state index in [1.54, 1.807) is 6.07 Å². The number of rotatable bonds is 6. The van der Waals surface area contributed by atoms with Gasteiger partial charge >= 0.3 is 0 Å². The number of hydrogen-bond acceptors (Lipinski definition) is 6. The molecule has 0 saturated carbocycles. The highest BCUT2D eigenvalue weighted by molar-refractivity contribution is 7.71. The van der Waals surface area contributed by atoms with Crippen LogP contribution in [0.15, 0.2) is 21.1 Å². The fourth-order valence-corrected chi connectivity index (χ4v) is 2.83. The summed E-state index contributed by atoms with van der Waals surface area (Å²) in [6.45, 7) is 9.24. The van der Waals surface area contributed by atoms with Gasteiger partial charge in [-0.3, -0.25) is 18.6 Å². The Morgan fingerprint density at radius 2 is 1.88 bits per heavy atom. The molecule has 2 aromatic rings. The molecule has 130 valence electrons. The minimum Gasteiger partial charge on any atom is -0.493 e. The summed E-state index contributed by atoms with van der Waals surface area (Å²) in [6, 6.07) is 1.78. The summed E-state index contributed by atoms with van der Waals surface area (Å²) < 4.78 is 4.94. The third kappa shape index (κ3) is 3.30. The fourth-order valence-electron chi connectivity index (χ4n) is 2.41. The van der Waals surface area contributed by atoms with Gasteiger partial charge in [-0.2, -0.15) is 5.10 Å². The van der Waals surface area contributed by atoms with E-state index in [0.717, 1.165) is 18.7 Å². The maximum absolute atomic E-state index is 12.4. The van der Waals surface area contributed by atoms with Crippen LogP contribution in [0.2, 0.25) is 0 Å². The van der Waals surface area contributed by atoms with Gasteiger partial charge in [0.05, 0.1) is 0 Å². The predicted octanol–water partition coefficient (Wildman–Crippen LogP) is 3.46. The minimum absolute atomic E-state index is 0.130. The zero-order valence-electron chi connectivity index (χ0n) is 14.4. The third-order valence-corrected chi connectivity index (χ3v) is 4.11. The van der Waals surface area contributed by atoms with Crippen LogP contribution in [0, 0.1) is 11.7 Å². The Bertz CT molecular complexity index is 877. The van der Waals surface area contributed by atoms with Gasteiger partial charge in [-0.25, -0.2) is 0 Å². The largest absolute Gasteiger partial charge is 0.493 e. The van der Waals surface area contributed by atoms with Crippen LogP contribution in [0.3, 0.4) is 0 Å². The average molecular weight is 350 g/mol. The van der Waals surface area contributed by atoms with Gasteiger partial charge in [0.1, 0.15) is 0 Å². The molecule has 0 aliphatic carbocycles. The van der Waals surface area contributed by atoms with Crippen molar-refractivity contribution in [2.75, 3.05) is 0 Å². The summed E-state index contributed by atoms with van der Waals surface area (Å²) in [5.74, 6) is 0.124. The predicted molar refractivity (Wildman–Crippen MR) is 94.0 cm³/mol.